The fourth-order valence-electron chi connectivity index (χ4n) is 5.35. The Morgan fingerprint density at radius 2 is 2.02 bits per heavy atom. The SMILES string of the molecule is Cc1nc2cc(-c3ncc(C(F)(F)C(N)=O)s3)c(N[C@H]3CCN4C(=O)OC[C@@H]4C3)cc2c(=O)n1Cc1ccc(Cl)cc1. The average Bonchev–Trinajstić information content (AvgIpc) is 3.60. The van der Waals surface area contributed by atoms with Crippen LogP contribution >= 0.6 is 22.9 Å². The minimum absolute atomic E-state index is 0.0886. The van der Waals surface area contributed by atoms with Gasteiger partial charge in [-0.1, -0.05) is 23.7 Å². The van der Waals surface area contributed by atoms with E-state index >= 15 is 0 Å². The van der Waals surface area contributed by atoms with E-state index in [0.29, 0.717) is 63.7 Å². The summed E-state index contributed by atoms with van der Waals surface area (Å²) in [5.41, 5.74) is 6.83. The van der Waals surface area contributed by atoms with Crippen molar-refractivity contribution in [1.29, 1.82) is 0 Å². The number of carbonyl (C=O) groups excluding carboxylic acids is 2. The Morgan fingerprint density at radius 3 is 2.76 bits per heavy atom. The molecule has 2 aliphatic rings. The second kappa shape index (κ2) is 10.6. The lowest BCUT2D eigenvalue weighted by atomic mass is 9.97. The standard InChI is InChI=1S/C28H25ClF2N6O4S/c1-14-34-22-9-19(24-33-11-23(42-24)28(30,31)26(32)39)21(35-17-6-7-36-18(8-17)13-41-27(36)40)10-20(22)25(38)37(14)12-15-2-4-16(29)5-3-15/h2-5,9-11,17-18,35H,6-8,12-13H2,1H3,(H2,32,39)/t17-,18-/m0/s1. The number of hydrogen-bond donors (Lipinski definition) is 2. The number of anilines is 1. The molecular formula is C28H25ClF2N6O4S. The fourth-order valence-corrected chi connectivity index (χ4v) is 6.40. The molecule has 0 bridgehead atoms. The number of aromatic nitrogens is 3. The van der Waals surface area contributed by atoms with E-state index in [-0.39, 0.29) is 41.9 Å². The van der Waals surface area contributed by atoms with Gasteiger partial charge in [-0.3, -0.25) is 14.2 Å². The van der Waals surface area contributed by atoms with Crippen molar-refractivity contribution in [1.82, 2.24) is 19.4 Å². The second-order valence-corrected chi connectivity index (χ2v) is 11.8. The maximum absolute atomic E-state index is 14.4. The highest BCUT2D eigenvalue weighted by Crippen LogP contribution is 2.40. The van der Waals surface area contributed by atoms with E-state index in [1.807, 2.05) is 12.1 Å². The van der Waals surface area contributed by atoms with Crippen molar-refractivity contribution in [2.45, 2.75) is 44.3 Å². The monoisotopic (exact) mass is 614 g/mol. The number of cyclic esters (lactones) is 1. The lowest BCUT2D eigenvalue weighted by Crippen LogP contribution is -2.45. The van der Waals surface area contributed by atoms with Crippen LogP contribution < -0.4 is 16.6 Å². The summed E-state index contributed by atoms with van der Waals surface area (Å²) in [6.45, 7) is 2.78. The molecule has 2 aromatic carbocycles. The number of nitrogens with two attached hydrogens (primary N) is 1. The van der Waals surface area contributed by atoms with Gasteiger partial charge in [-0.05, 0) is 49.6 Å². The Bertz CT molecular complexity index is 1780. The molecule has 4 heterocycles. The number of fused-ring (bicyclic) bond motifs is 2. The van der Waals surface area contributed by atoms with Crippen LogP contribution in [0.2, 0.25) is 5.02 Å². The number of aryl methyl sites for hydroxylation is 1. The number of piperidine rings is 1. The summed E-state index contributed by atoms with van der Waals surface area (Å²) in [7, 11) is 0. The van der Waals surface area contributed by atoms with Gasteiger partial charge in [0.2, 0.25) is 0 Å². The minimum Gasteiger partial charge on any atom is -0.447 e. The van der Waals surface area contributed by atoms with E-state index in [0.717, 1.165) is 11.8 Å². The molecule has 0 aliphatic carbocycles. The second-order valence-electron chi connectivity index (χ2n) is 10.3. The van der Waals surface area contributed by atoms with Gasteiger partial charge in [-0.15, -0.1) is 11.3 Å². The highest BCUT2D eigenvalue weighted by atomic mass is 35.5. The largest absolute Gasteiger partial charge is 0.447 e. The topological polar surface area (TPSA) is 132 Å². The lowest BCUT2D eigenvalue weighted by Gasteiger charge is -2.33. The van der Waals surface area contributed by atoms with Gasteiger partial charge >= 0.3 is 12.0 Å². The molecule has 4 aromatic rings. The Morgan fingerprint density at radius 1 is 1.26 bits per heavy atom. The molecule has 6 rings (SSSR count). The summed E-state index contributed by atoms with van der Waals surface area (Å²) in [6, 6.07) is 10.3. The van der Waals surface area contributed by atoms with Crippen molar-refractivity contribution in [3.8, 4) is 10.6 Å². The summed E-state index contributed by atoms with van der Waals surface area (Å²) in [6.07, 6.45) is 1.80. The molecule has 2 fully saturated rings. The van der Waals surface area contributed by atoms with Crippen molar-refractivity contribution in [3.63, 3.8) is 0 Å². The van der Waals surface area contributed by atoms with Crippen molar-refractivity contribution in [2.75, 3.05) is 18.5 Å². The van der Waals surface area contributed by atoms with Crippen LogP contribution in [-0.4, -0.2) is 56.7 Å². The van der Waals surface area contributed by atoms with Crippen molar-refractivity contribution in [3.05, 3.63) is 74.2 Å². The van der Waals surface area contributed by atoms with Crippen LogP contribution in [0.15, 0.2) is 47.4 Å². The highest BCUT2D eigenvalue weighted by Gasteiger charge is 2.41. The highest BCUT2D eigenvalue weighted by molar-refractivity contribution is 7.15. The maximum atomic E-state index is 14.4. The predicted molar refractivity (Wildman–Crippen MR) is 154 cm³/mol. The Labute approximate surface area is 247 Å². The number of benzene rings is 2. The third-order valence-electron chi connectivity index (χ3n) is 7.60. The van der Waals surface area contributed by atoms with Crippen molar-refractivity contribution in [2.24, 2.45) is 5.73 Å². The number of thiazole rings is 1. The molecule has 14 heteroatoms. The molecule has 2 aromatic heterocycles. The zero-order chi connectivity index (χ0) is 29.8. The van der Waals surface area contributed by atoms with Crippen LogP contribution in [0.4, 0.5) is 19.3 Å². The van der Waals surface area contributed by atoms with E-state index < -0.39 is 16.7 Å². The van der Waals surface area contributed by atoms with Crippen LogP contribution in [-0.2, 0) is 22.0 Å². The number of nitrogens with zero attached hydrogens (tertiary/aromatic N) is 4. The number of ether oxygens (including phenoxy) is 1. The normalized spacial score (nSPS) is 18.7. The third-order valence-corrected chi connectivity index (χ3v) is 8.95. The molecule has 2 amide bonds. The summed E-state index contributed by atoms with van der Waals surface area (Å²) < 4.78 is 35.6. The first kappa shape index (κ1) is 28.0. The number of hydrogen-bond acceptors (Lipinski definition) is 8. The van der Waals surface area contributed by atoms with Gasteiger partial charge < -0.3 is 20.7 Å². The molecule has 0 unspecified atom stereocenters. The molecular weight excluding hydrogens is 590 g/mol. The zero-order valence-corrected chi connectivity index (χ0v) is 23.8. The van der Waals surface area contributed by atoms with Crippen LogP contribution in [0.25, 0.3) is 21.5 Å². The molecule has 0 saturated carbocycles. The molecule has 218 valence electrons. The molecule has 3 N–H and O–H groups in total. The number of carbonyl (C=O) groups is 2. The summed E-state index contributed by atoms with van der Waals surface area (Å²) in [4.78, 5) is 47.1. The van der Waals surface area contributed by atoms with Gasteiger partial charge in [-0.2, -0.15) is 8.78 Å². The fraction of sp³-hybridized carbons (Fsp3) is 0.321. The van der Waals surface area contributed by atoms with E-state index in [4.69, 9.17) is 22.1 Å². The molecule has 0 spiro atoms. The van der Waals surface area contributed by atoms with E-state index in [1.165, 1.54) is 0 Å². The van der Waals surface area contributed by atoms with Gasteiger partial charge in [-0.25, -0.2) is 14.8 Å². The number of halogens is 3. The first-order valence-electron chi connectivity index (χ1n) is 13.1. The van der Waals surface area contributed by atoms with Crippen LogP contribution in [0.1, 0.15) is 29.1 Å². The molecule has 2 atom stereocenters. The van der Waals surface area contributed by atoms with Crippen molar-refractivity contribution >= 4 is 51.5 Å². The summed E-state index contributed by atoms with van der Waals surface area (Å²) in [5, 5.41) is 4.58. The molecule has 0 radical (unpaired) electrons. The van der Waals surface area contributed by atoms with E-state index in [9.17, 15) is 23.2 Å². The van der Waals surface area contributed by atoms with Gasteiger partial charge in [0.15, 0.2) is 0 Å². The minimum atomic E-state index is -3.88. The lowest BCUT2D eigenvalue weighted by molar-refractivity contribution is -0.142. The van der Waals surface area contributed by atoms with Crippen LogP contribution in [0.3, 0.4) is 0 Å². The smallest absolute Gasteiger partial charge is 0.410 e. The molecule has 2 saturated heterocycles. The van der Waals surface area contributed by atoms with Gasteiger partial charge in [0.25, 0.3) is 11.5 Å². The van der Waals surface area contributed by atoms with E-state index in [2.05, 4.69) is 15.3 Å². The number of rotatable bonds is 7. The number of nitrogens with one attached hydrogen (secondary N) is 1. The predicted octanol–water partition coefficient (Wildman–Crippen LogP) is 4.50. The van der Waals surface area contributed by atoms with Crippen molar-refractivity contribution < 1.29 is 23.1 Å². The first-order valence-corrected chi connectivity index (χ1v) is 14.3. The number of primary amides is 1. The molecule has 2 aliphatic heterocycles. The maximum Gasteiger partial charge on any atom is 0.410 e. The Hall–Kier alpha value is -4.10. The Kier molecular flexibility index (Phi) is 7.09. The van der Waals surface area contributed by atoms with E-state index in [1.54, 1.807) is 40.7 Å². The quantitative estimate of drug-likeness (QED) is 0.313. The first-order chi connectivity index (χ1) is 20.0. The van der Waals surface area contributed by atoms with Gasteiger partial charge in [0.05, 0.1) is 23.5 Å². The third kappa shape index (κ3) is 5.07. The summed E-state index contributed by atoms with van der Waals surface area (Å²) in [5.74, 6) is -5.19. The van der Waals surface area contributed by atoms with Crippen LogP contribution in [0.5, 0.6) is 0 Å². The van der Waals surface area contributed by atoms with Gasteiger partial charge in [0.1, 0.15) is 22.3 Å². The molecule has 42 heavy (non-hydrogen) atoms. The molecule has 10 nitrogen and oxygen atoms in total. The Balaban J connectivity index is 1.43. The number of alkyl halides is 2. The number of amides is 2. The van der Waals surface area contributed by atoms with Crippen LogP contribution in [0, 0.1) is 6.92 Å². The zero-order valence-electron chi connectivity index (χ0n) is 22.3. The van der Waals surface area contributed by atoms with Gasteiger partial charge in [0, 0.05) is 35.1 Å². The summed E-state index contributed by atoms with van der Waals surface area (Å²) >= 11 is 6.65. The average molecular weight is 615 g/mol.